The molecule has 0 fully saturated rings. The molecule has 40 nitrogen and oxygen atoms in total. The largest absolute Gasteiger partial charge is 0.480 e. The highest BCUT2D eigenvalue weighted by Crippen LogP contribution is 2.16. The molecule has 0 amide bonds. The molecule has 0 aromatic heterocycles. The van der Waals surface area contributed by atoms with Gasteiger partial charge in [-0.1, -0.05) is 0 Å². The highest BCUT2D eigenvalue weighted by molar-refractivity contribution is 5.68. The number of rotatable bonds is 77. The number of carbonyl (C=O) groups excluding carboxylic acids is 4. The van der Waals surface area contributed by atoms with E-state index in [1.807, 2.05) is 14.7 Å². The number of carbonyl (C=O) groups is 8. The first-order chi connectivity index (χ1) is 44.8. The van der Waals surface area contributed by atoms with Crippen molar-refractivity contribution in [1.82, 2.24) is 19.6 Å². The van der Waals surface area contributed by atoms with Crippen LogP contribution in [-0.2, 0) is 153 Å². The van der Waals surface area contributed by atoms with Crippen LogP contribution >= 0.6 is 0 Å². The van der Waals surface area contributed by atoms with Gasteiger partial charge in [-0.2, -0.15) is 19.6 Å². The lowest BCUT2D eigenvalue weighted by Gasteiger charge is -2.36. The summed E-state index contributed by atoms with van der Waals surface area (Å²) >= 11 is 0. The fraction of sp³-hybridized carbons (Fsp3) is 0.846. The molecule has 0 rings (SSSR count). The Balaban J connectivity index is 7.30. The maximum absolute atomic E-state index is 11.0. The topological polar surface area (TPSA) is 452 Å². The molecule has 0 aromatic carbocycles. The predicted octanol–water partition coefficient (Wildman–Crippen LogP) is -3.52. The van der Waals surface area contributed by atoms with Crippen molar-refractivity contribution in [2.45, 2.75) is 38.5 Å². The average molecular weight is 1350 g/mol. The van der Waals surface area contributed by atoms with E-state index in [0.717, 1.165) is 0 Å². The standard InChI is InChI=1S/C52H94N4O36/c1-45(55(9-16-71-25-29-76-35-51(65)66)10-17-72-26-30-77-36-52(67)68)83-32-47(82-18-6-53(3-13-69-23-27-74-33-49(61)62)4-14-70-24-28-75-34-50(63)64)48(92-46(2)56(11-21-86-90-43-80-39-59)12-22-87-91-44-81-40-60)31-73-15-5-54(7-19-84-88-41-78-37-57)8-20-85-89-42-79-38-58/h37-40,45-48H,3-36,41-44H2,1-2H3,(H,61,62)(H,63,64)(H,65,66)(H,67,68). The molecule has 0 aliphatic rings. The minimum Gasteiger partial charge on any atom is -0.480 e. The Hall–Kier alpha value is -5.20. The van der Waals surface area contributed by atoms with Crippen molar-refractivity contribution in [2.75, 3.05) is 251 Å². The van der Waals surface area contributed by atoms with Crippen LogP contribution in [0.2, 0.25) is 0 Å². The molecule has 0 heterocycles. The molecule has 92 heavy (non-hydrogen) atoms. The third-order valence-corrected chi connectivity index (χ3v) is 11.4. The molecule has 0 spiro atoms. The number of aliphatic carboxylic acids is 4. The highest BCUT2D eigenvalue weighted by Gasteiger charge is 2.30. The summed E-state index contributed by atoms with van der Waals surface area (Å²) in [6.45, 7) is 3.20. The van der Waals surface area contributed by atoms with Crippen molar-refractivity contribution in [3.8, 4) is 0 Å². The summed E-state index contributed by atoms with van der Waals surface area (Å²) in [5.74, 6) is -4.54. The average Bonchev–Trinajstić information content (AvgIpc) is 1.52. The van der Waals surface area contributed by atoms with Crippen molar-refractivity contribution >= 4 is 49.8 Å². The molecule has 0 radical (unpaired) electrons. The first-order valence-corrected chi connectivity index (χ1v) is 28.8. The number of hydrogen-bond donors (Lipinski definition) is 4. The fourth-order valence-corrected chi connectivity index (χ4v) is 7.03. The van der Waals surface area contributed by atoms with Crippen LogP contribution in [0.1, 0.15) is 13.8 Å². The Morgan fingerprint density at radius 3 is 0.967 bits per heavy atom. The zero-order chi connectivity index (χ0) is 67.6. The lowest BCUT2D eigenvalue weighted by Crippen LogP contribution is -2.49. The monoisotopic (exact) mass is 1350 g/mol. The maximum atomic E-state index is 11.0. The fourth-order valence-electron chi connectivity index (χ4n) is 7.03. The predicted molar refractivity (Wildman–Crippen MR) is 300 cm³/mol. The molecule has 0 saturated carbocycles. The number of ether oxygens (including phenoxy) is 16. The van der Waals surface area contributed by atoms with E-state index < -0.39 is 102 Å². The third kappa shape index (κ3) is 58.6. The molecule has 538 valence electrons. The second-order valence-electron chi connectivity index (χ2n) is 18.0. The van der Waals surface area contributed by atoms with E-state index >= 15 is 0 Å². The van der Waals surface area contributed by atoms with Gasteiger partial charge in [0, 0.05) is 65.4 Å². The van der Waals surface area contributed by atoms with Gasteiger partial charge in [-0.15, -0.1) is 0 Å². The zero-order valence-corrected chi connectivity index (χ0v) is 52.1. The van der Waals surface area contributed by atoms with Crippen molar-refractivity contribution < 1.29 is 174 Å². The summed E-state index contributed by atoms with van der Waals surface area (Å²) in [6, 6.07) is 0. The molecule has 4 atom stereocenters. The molecule has 0 saturated heterocycles. The Morgan fingerprint density at radius 1 is 0.315 bits per heavy atom. The lowest BCUT2D eigenvalue weighted by atomic mass is 10.2. The van der Waals surface area contributed by atoms with Gasteiger partial charge < -0.3 is 96.2 Å². The van der Waals surface area contributed by atoms with Crippen LogP contribution in [0.4, 0.5) is 0 Å². The van der Waals surface area contributed by atoms with Crippen LogP contribution < -0.4 is 0 Å². The molecule has 0 aliphatic carbocycles. The summed E-state index contributed by atoms with van der Waals surface area (Å²) in [5, 5.41) is 35.8. The second kappa shape index (κ2) is 65.8. The Morgan fingerprint density at radius 2 is 0.609 bits per heavy atom. The van der Waals surface area contributed by atoms with Gasteiger partial charge in [-0.05, 0) is 13.8 Å². The second-order valence-corrected chi connectivity index (χ2v) is 18.0. The van der Waals surface area contributed by atoms with Crippen LogP contribution in [-0.4, -0.2) is 366 Å². The third-order valence-electron chi connectivity index (χ3n) is 11.4. The van der Waals surface area contributed by atoms with Gasteiger partial charge in [0.05, 0.1) is 132 Å². The van der Waals surface area contributed by atoms with Crippen LogP contribution in [0, 0.1) is 0 Å². The van der Waals surface area contributed by atoms with Crippen molar-refractivity contribution in [1.29, 1.82) is 0 Å². The van der Waals surface area contributed by atoms with Crippen LogP contribution in [0.5, 0.6) is 0 Å². The van der Waals surface area contributed by atoms with Gasteiger partial charge in [-0.3, -0.25) is 38.8 Å². The first kappa shape index (κ1) is 86.8. The molecule has 4 unspecified atom stereocenters. The summed E-state index contributed by atoms with van der Waals surface area (Å²) in [4.78, 5) is 134. The quantitative estimate of drug-likeness (QED) is 0.0114. The lowest BCUT2D eigenvalue weighted by molar-refractivity contribution is -0.336. The zero-order valence-electron chi connectivity index (χ0n) is 52.1. The Kier molecular flexibility index (Phi) is 62.1. The Bertz CT molecular complexity index is 1680. The van der Waals surface area contributed by atoms with E-state index in [2.05, 4.69) is 18.9 Å². The van der Waals surface area contributed by atoms with Crippen LogP contribution in [0.25, 0.3) is 0 Å². The van der Waals surface area contributed by atoms with Crippen molar-refractivity contribution in [2.24, 2.45) is 0 Å². The number of nitrogens with zero attached hydrogens (tertiary/aromatic N) is 4. The van der Waals surface area contributed by atoms with E-state index in [1.54, 1.807) is 18.7 Å². The Labute approximate surface area is 531 Å². The maximum Gasteiger partial charge on any atom is 0.329 e. The van der Waals surface area contributed by atoms with E-state index in [9.17, 15) is 38.4 Å². The van der Waals surface area contributed by atoms with Crippen molar-refractivity contribution in [3.63, 3.8) is 0 Å². The van der Waals surface area contributed by atoms with E-state index in [-0.39, 0.29) is 210 Å². The molecule has 4 N–H and O–H groups in total. The van der Waals surface area contributed by atoms with E-state index in [0.29, 0.717) is 13.1 Å². The van der Waals surface area contributed by atoms with Gasteiger partial charge >= 0.3 is 23.9 Å². The molecular weight excluding hydrogens is 1260 g/mol. The summed E-state index contributed by atoms with van der Waals surface area (Å²) in [7, 11) is 0. The molecule has 40 heteroatoms. The van der Waals surface area contributed by atoms with Gasteiger partial charge in [0.15, 0.2) is 0 Å². The summed E-state index contributed by atoms with van der Waals surface area (Å²) in [6.07, 6.45) is -3.53. The summed E-state index contributed by atoms with van der Waals surface area (Å²) < 4.78 is 88.0. The smallest absolute Gasteiger partial charge is 0.329 e. The molecule has 0 aromatic rings. The SMILES string of the molecule is CC(OCC(OCCN(CCOCCOCC(=O)O)CCOCCOCC(=O)O)C(COCCN(CCOOCOC=O)CCOOCOC=O)OC(C)N(CCOOCOC=O)CCOOCOC=O)N(CCOCCOCC(=O)O)CCOCCOCC(=O)O. The minimum atomic E-state index is -1.14. The van der Waals surface area contributed by atoms with Crippen LogP contribution in [0.3, 0.4) is 0 Å². The minimum absolute atomic E-state index is 0.00501. The molecule has 0 aliphatic heterocycles. The number of carboxylic acid groups (broad SMARTS) is 4. The van der Waals surface area contributed by atoms with E-state index in [1.165, 1.54) is 0 Å². The number of hydrogen-bond acceptors (Lipinski definition) is 36. The molecular formula is C52H94N4O36. The van der Waals surface area contributed by atoms with Crippen LogP contribution in [0.15, 0.2) is 0 Å². The van der Waals surface area contributed by atoms with Gasteiger partial charge in [0.25, 0.3) is 25.9 Å². The highest BCUT2D eigenvalue weighted by atomic mass is 17.2. The number of carboxylic acids is 4. The first-order valence-electron chi connectivity index (χ1n) is 28.8. The van der Waals surface area contributed by atoms with Gasteiger partial charge in [-0.25, -0.2) is 38.7 Å². The van der Waals surface area contributed by atoms with Crippen molar-refractivity contribution in [3.05, 3.63) is 0 Å². The van der Waals surface area contributed by atoms with Gasteiger partial charge in [0.2, 0.25) is 27.2 Å². The van der Waals surface area contributed by atoms with Gasteiger partial charge in [0.1, 0.15) is 51.1 Å². The van der Waals surface area contributed by atoms with E-state index in [4.69, 9.17) is 116 Å². The molecule has 0 bridgehead atoms. The summed E-state index contributed by atoms with van der Waals surface area (Å²) in [5.41, 5.74) is 0. The normalized spacial score (nSPS) is 12.9.